The Bertz CT molecular complexity index is 1780. The van der Waals surface area contributed by atoms with Crippen LogP contribution < -0.4 is 30.3 Å². The molecule has 1 saturated carbocycles. The number of nitrogens with zero attached hydrogens (tertiary/aromatic N) is 2. The Labute approximate surface area is 269 Å². The summed E-state index contributed by atoms with van der Waals surface area (Å²) >= 11 is 0. The molecular formula is C34H34F2N4O7. The van der Waals surface area contributed by atoms with Crippen molar-refractivity contribution in [1.82, 2.24) is 10.5 Å². The highest BCUT2D eigenvalue weighted by Crippen LogP contribution is 2.49. The molecule has 1 fully saturated rings. The van der Waals surface area contributed by atoms with E-state index >= 15 is 4.39 Å². The number of rotatable bonds is 15. The third kappa shape index (κ3) is 7.41. The summed E-state index contributed by atoms with van der Waals surface area (Å²) in [4.78, 5) is 42.4. The van der Waals surface area contributed by atoms with Crippen molar-refractivity contribution in [3.63, 3.8) is 0 Å². The highest BCUT2D eigenvalue weighted by atomic mass is 19.1. The van der Waals surface area contributed by atoms with Crippen LogP contribution in [-0.4, -0.2) is 41.6 Å². The molecule has 1 aliphatic carbocycles. The molecule has 11 nitrogen and oxygen atoms in total. The van der Waals surface area contributed by atoms with Gasteiger partial charge in [0.1, 0.15) is 17.0 Å². The van der Waals surface area contributed by atoms with E-state index in [2.05, 4.69) is 4.98 Å². The van der Waals surface area contributed by atoms with E-state index in [0.717, 1.165) is 42.4 Å². The van der Waals surface area contributed by atoms with Gasteiger partial charge in [-0.2, -0.15) is 0 Å². The number of carbonyl (C=O) groups is 3. The quantitative estimate of drug-likeness (QED) is 0.0607. The number of hydrogen-bond donors (Lipinski definition) is 3. The molecule has 246 valence electrons. The molecule has 0 unspecified atom stereocenters. The van der Waals surface area contributed by atoms with Crippen molar-refractivity contribution >= 4 is 40.0 Å². The predicted octanol–water partition coefficient (Wildman–Crippen LogP) is 6.08. The fourth-order valence-corrected chi connectivity index (χ4v) is 5.18. The molecule has 1 heterocycles. The second kappa shape index (κ2) is 14.4. The Hall–Kier alpha value is -5.30. The standard InChI is InChI=1S/C34H34F2N4O7/c1-45-29-19-24-26(20-30(29)46-17-5-3-2-4-6-31(41)39-44)38-16-13-27(24)47-28-12-11-23(18-25(28)36)40(22-9-7-21(35)8-10-22)33(43)34(14-15-34)32(37)42/h7-13,16,18-20,44H,2-6,14-15,17H2,1H3,(H2,37,42)(H,39,41). The summed E-state index contributed by atoms with van der Waals surface area (Å²) in [5.41, 5.74) is 6.62. The Morgan fingerprint density at radius 1 is 0.915 bits per heavy atom. The average Bonchev–Trinajstić information content (AvgIpc) is 3.89. The topological polar surface area (TPSA) is 153 Å². The van der Waals surface area contributed by atoms with E-state index in [1.807, 2.05) is 0 Å². The number of fused-ring (bicyclic) bond motifs is 1. The molecule has 13 heteroatoms. The third-order valence-electron chi connectivity index (χ3n) is 7.98. The van der Waals surface area contributed by atoms with Crippen molar-refractivity contribution in [2.24, 2.45) is 11.1 Å². The predicted molar refractivity (Wildman–Crippen MR) is 168 cm³/mol. The normalized spacial score (nSPS) is 13.1. The molecule has 0 atom stereocenters. The summed E-state index contributed by atoms with van der Waals surface area (Å²) in [5.74, 6) is -2.09. The van der Waals surface area contributed by atoms with E-state index in [0.29, 0.717) is 35.4 Å². The van der Waals surface area contributed by atoms with E-state index in [-0.39, 0.29) is 42.1 Å². The van der Waals surface area contributed by atoms with Crippen molar-refractivity contribution in [3.8, 4) is 23.0 Å². The number of pyridine rings is 1. The summed E-state index contributed by atoms with van der Waals surface area (Å²) < 4.78 is 46.7. The van der Waals surface area contributed by atoms with Crippen LogP contribution in [0.15, 0.2) is 66.9 Å². The van der Waals surface area contributed by atoms with Crippen LogP contribution in [-0.2, 0) is 14.4 Å². The highest BCUT2D eigenvalue weighted by Gasteiger charge is 2.57. The van der Waals surface area contributed by atoms with Crippen molar-refractivity contribution in [2.45, 2.75) is 44.9 Å². The number of halogens is 2. The van der Waals surface area contributed by atoms with E-state index in [1.54, 1.807) is 23.7 Å². The molecule has 0 radical (unpaired) electrons. The summed E-state index contributed by atoms with van der Waals surface area (Å²) in [6, 6.07) is 13.9. The van der Waals surface area contributed by atoms with Gasteiger partial charge in [-0.05, 0) is 74.2 Å². The minimum Gasteiger partial charge on any atom is -0.493 e. The minimum atomic E-state index is -1.40. The number of hydrogen-bond acceptors (Lipinski definition) is 8. The van der Waals surface area contributed by atoms with Crippen LogP contribution in [0.3, 0.4) is 0 Å². The molecule has 1 aliphatic rings. The van der Waals surface area contributed by atoms with Crippen LogP contribution in [0, 0.1) is 17.0 Å². The third-order valence-corrected chi connectivity index (χ3v) is 7.98. The lowest BCUT2D eigenvalue weighted by Crippen LogP contribution is -2.41. The number of unbranched alkanes of at least 4 members (excludes halogenated alkanes) is 3. The van der Waals surface area contributed by atoms with Gasteiger partial charge >= 0.3 is 0 Å². The van der Waals surface area contributed by atoms with Gasteiger partial charge in [0, 0.05) is 35.8 Å². The highest BCUT2D eigenvalue weighted by molar-refractivity contribution is 6.16. The van der Waals surface area contributed by atoms with Crippen LogP contribution in [0.2, 0.25) is 0 Å². The van der Waals surface area contributed by atoms with Crippen LogP contribution >= 0.6 is 0 Å². The fraction of sp³-hybridized carbons (Fsp3) is 0.294. The van der Waals surface area contributed by atoms with Gasteiger partial charge < -0.3 is 19.9 Å². The summed E-state index contributed by atoms with van der Waals surface area (Å²) in [5, 5.41) is 9.09. The summed E-state index contributed by atoms with van der Waals surface area (Å²) in [6.45, 7) is 0.403. The number of aromatic nitrogens is 1. The van der Waals surface area contributed by atoms with Crippen molar-refractivity contribution in [2.75, 3.05) is 18.6 Å². The Morgan fingerprint density at radius 3 is 2.30 bits per heavy atom. The lowest BCUT2D eigenvalue weighted by molar-refractivity contribution is -0.133. The van der Waals surface area contributed by atoms with Crippen molar-refractivity contribution in [1.29, 1.82) is 0 Å². The van der Waals surface area contributed by atoms with Crippen LogP contribution in [0.1, 0.15) is 44.9 Å². The zero-order valence-electron chi connectivity index (χ0n) is 25.6. The Balaban J connectivity index is 1.34. The molecular weight excluding hydrogens is 614 g/mol. The number of nitrogens with one attached hydrogen (secondary N) is 1. The second-order valence-corrected chi connectivity index (χ2v) is 11.2. The average molecular weight is 649 g/mol. The first-order chi connectivity index (χ1) is 22.7. The molecule has 4 N–H and O–H groups in total. The lowest BCUT2D eigenvalue weighted by atomic mass is 10.0. The monoisotopic (exact) mass is 648 g/mol. The molecule has 3 amide bonds. The molecule has 0 saturated heterocycles. The molecule has 0 bridgehead atoms. The number of amides is 3. The lowest BCUT2D eigenvalue weighted by Gasteiger charge is -2.26. The second-order valence-electron chi connectivity index (χ2n) is 11.2. The van der Waals surface area contributed by atoms with E-state index in [4.69, 9.17) is 25.2 Å². The van der Waals surface area contributed by atoms with Gasteiger partial charge in [-0.3, -0.25) is 29.5 Å². The van der Waals surface area contributed by atoms with Crippen molar-refractivity contribution in [3.05, 3.63) is 78.5 Å². The summed E-state index contributed by atoms with van der Waals surface area (Å²) in [7, 11) is 1.49. The number of nitrogens with two attached hydrogens (primary N) is 1. The van der Waals surface area contributed by atoms with Gasteiger partial charge in [0.25, 0.3) is 0 Å². The van der Waals surface area contributed by atoms with Gasteiger partial charge in [-0.25, -0.2) is 14.3 Å². The number of hydroxylamine groups is 1. The van der Waals surface area contributed by atoms with Crippen LogP contribution in [0.25, 0.3) is 10.9 Å². The SMILES string of the molecule is COc1cc2c(Oc3ccc(N(C(=O)C4(C(N)=O)CC4)c4ccc(F)cc4)cc3F)ccnc2cc1OCCCCCCC(=O)NO. The number of benzene rings is 3. The maximum atomic E-state index is 15.6. The maximum absolute atomic E-state index is 15.6. The molecule has 47 heavy (non-hydrogen) atoms. The van der Waals surface area contributed by atoms with Gasteiger partial charge in [0.15, 0.2) is 23.1 Å². The smallest absolute Gasteiger partial charge is 0.247 e. The molecule has 4 aromatic rings. The zero-order valence-corrected chi connectivity index (χ0v) is 25.6. The Morgan fingerprint density at radius 2 is 1.64 bits per heavy atom. The molecule has 1 aromatic heterocycles. The van der Waals surface area contributed by atoms with Gasteiger partial charge in [-0.15, -0.1) is 0 Å². The number of anilines is 2. The number of primary amides is 1. The van der Waals surface area contributed by atoms with Crippen LogP contribution in [0.4, 0.5) is 20.2 Å². The summed E-state index contributed by atoms with van der Waals surface area (Å²) in [6.07, 6.45) is 5.33. The largest absolute Gasteiger partial charge is 0.493 e. The number of ether oxygens (including phenoxy) is 3. The van der Waals surface area contributed by atoms with Gasteiger partial charge in [0.05, 0.1) is 24.9 Å². The molecule has 0 aliphatic heterocycles. The maximum Gasteiger partial charge on any atom is 0.247 e. The fourth-order valence-electron chi connectivity index (χ4n) is 5.18. The van der Waals surface area contributed by atoms with Gasteiger partial charge in [-0.1, -0.05) is 12.8 Å². The van der Waals surface area contributed by atoms with E-state index in [1.165, 1.54) is 37.6 Å². The van der Waals surface area contributed by atoms with Crippen molar-refractivity contribution < 1.29 is 42.6 Å². The van der Waals surface area contributed by atoms with Gasteiger partial charge in [0.2, 0.25) is 17.7 Å². The first kappa shape index (κ1) is 33.1. The number of carbonyl (C=O) groups excluding carboxylic acids is 3. The first-order valence-corrected chi connectivity index (χ1v) is 15.1. The minimum absolute atomic E-state index is 0.109. The van der Waals surface area contributed by atoms with E-state index in [9.17, 15) is 18.8 Å². The van der Waals surface area contributed by atoms with E-state index < -0.39 is 34.8 Å². The first-order valence-electron chi connectivity index (χ1n) is 15.1. The number of methoxy groups -OCH3 is 1. The molecule has 5 rings (SSSR count). The van der Waals surface area contributed by atoms with Crippen LogP contribution in [0.5, 0.6) is 23.0 Å². The molecule has 0 spiro atoms. The molecule has 3 aromatic carbocycles. The Kier molecular flexibility index (Phi) is 10.1. The zero-order chi connectivity index (χ0) is 33.6.